The quantitative estimate of drug-likeness (QED) is 0.329. The molecular formula is C4H9NO. The standard InChI is InChI=1S/C4H9NO/c1-5-2-4(6)3-5/h4-6H,1-3H2. The highest BCUT2D eigenvalue weighted by Gasteiger charge is 2.19. The summed E-state index contributed by atoms with van der Waals surface area (Å²) in [5.74, 6) is 0. The minimum Gasteiger partial charge on any atom is -0.463 e. The lowest BCUT2D eigenvalue weighted by Gasteiger charge is -2.34. The molecule has 0 aromatic carbocycles. The average Bonchev–Trinajstić information content (AvgIpc) is 1.33. The van der Waals surface area contributed by atoms with Crippen LogP contribution in [0.15, 0.2) is 0 Å². The summed E-state index contributed by atoms with van der Waals surface area (Å²) in [6.45, 7) is 1.67. The fraction of sp³-hybridized carbons (Fsp3) is 0.750. The number of hydrogen-bond donors (Lipinski definition) is 2. The first kappa shape index (κ1) is 4.09. The minimum absolute atomic E-state index is 0.0579. The molecular weight excluding hydrogens is 78.0 g/mol. The van der Waals surface area contributed by atoms with Gasteiger partial charge in [-0.25, -0.2) is 0 Å². The van der Waals surface area contributed by atoms with Gasteiger partial charge in [0.2, 0.25) is 0 Å². The first-order valence-electron chi connectivity index (χ1n) is 2.14. The van der Waals surface area contributed by atoms with E-state index < -0.39 is 0 Å². The van der Waals surface area contributed by atoms with Crippen LogP contribution in [0.5, 0.6) is 0 Å². The maximum atomic E-state index is 8.56. The van der Waals surface area contributed by atoms with Gasteiger partial charge in [0.05, 0.1) is 13.1 Å². The van der Waals surface area contributed by atoms with E-state index in [0.29, 0.717) is 0 Å². The normalized spacial score (nSPS) is 45.0. The molecule has 1 heterocycles. The predicted octanol–water partition coefficient (Wildman–Crippen LogP) is -1.96. The van der Waals surface area contributed by atoms with Gasteiger partial charge in [0.15, 0.2) is 0 Å². The van der Waals surface area contributed by atoms with E-state index in [2.05, 4.69) is 7.05 Å². The Kier molecular flexibility index (Phi) is 0.821. The Morgan fingerprint density at radius 3 is 2.17 bits per heavy atom. The third kappa shape index (κ3) is 0.533. The Morgan fingerprint density at radius 1 is 1.67 bits per heavy atom. The van der Waals surface area contributed by atoms with Gasteiger partial charge in [-0.1, -0.05) is 0 Å². The number of aliphatic hydroxyl groups excluding tert-OH is 1. The average molecular weight is 87.1 g/mol. The molecule has 2 N–H and O–H groups in total. The highest BCUT2D eigenvalue weighted by atomic mass is 16.3. The fourth-order valence-corrected chi connectivity index (χ4v) is 0.607. The summed E-state index contributed by atoms with van der Waals surface area (Å²) in [6.07, 6.45) is -0.0579. The molecule has 0 amide bonds. The van der Waals surface area contributed by atoms with E-state index in [1.54, 1.807) is 0 Å². The monoisotopic (exact) mass is 87.1 g/mol. The number of likely N-dealkylation sites (tertiary alicyclic amines) is 1. The molecule has 1 rings (SSSR count). The van der Waals surface area contributed by atoms with Crippen molar-refractivity contribution in [1.29, 1.82) is 0 Å². The topological polar surface area (TPSA) is 24.7 Å². The van der Waals surface area contributed by atoms with Gasteiger partial charge in [-0.3, -0.25) is 0 Å². The molecule has 0 aromatic heterocycles. The smallest absolute Gasteiger partial charge is 0.147 e. The van der Waals surface area contributed by atoms with Gasteiger partial charge in [-0.05, 0) is 0 Å². The van der Waals surface area contributed by atoms with Crippen LogP contribution in [-0.4, -0.2) is 24.3 Å². The molecule has 1 fully saturated rings. The van der Waals surface area contributed by atoms with Crippen molar-refractivity contribution >= 4 is 0 Å². The van der Waals surface area contributed by atoms with E-state index >= 15 is 0 Å². The van der Waals surface area contributed by atoms with Gasteiger partial charge in [0, 0.05) is 0 Å². The SMILES string of the molecule is [CH2-][NH+]1CC(O)C1. The van der Waals surface area contributed by atoms with E-state index in [-0.39, 0.29) is 6.10 Å². The number of nitrogens with one attached hydrogen (secondary N) is 1. The Balaban J connectivity index is 2.11. The Morgan fingerprint density at radius 2 is 2.17 bits per heavy atom. The van der Waals surface area contributed by atoms with Gasteiger partial charge < -0.3 is 10.0 Å². The van der Waals surface area contributed by atoms with Crippen LogP contribution in [0.25, 0.3) is 0 Å². The summed E-state index contributed by atoms with van der Waals surface area (Å²) in [7, 11) is 3.65. The zero-order valence-corrected chi connectivity index (χ0v) is 3.65. The van der Waals surface area contributed by atoms with E-state index in [9.17, 15) is 0 Å². The van der Waals surface area contributed by atoms with Gasteiger partial charge in [0.25, 0.3) is 0 Å². The lowest BCUT2D eigenvalue weighted by molar-refractivity contribution is -0.906. The summed E-state index contributed by atoms with van der Waals surface area (Å²) in [6, 6.07) is 0. The molecule has 1 saturated heterocycles. The van der Waals surface area contributed by atoms with E-state index in [1.165, 1.54) is 4.90 Å². The van der Waals surface area contributed by atoms with Gasteiger partial charge in [-0.15, -0.1) is 0 Å². The van der Waals surface area contributed by atoms with Crippen LogP contribution >= 0.6 is 0 Å². The van der Waals surface area contributed by atoms with Crippen molar-refractivity contribution in [2.45, 2.75) is 6.10 Å². The van der Waals surface area contributed by atoms with Crippen molar-refractivity contribution in [3.8, 4) is 0 Å². The van der Waals surface area contributed by atoms with Gasteiger partial charge >= 0.3 is 0 Å². The van der Waals surface area contributed by atoms with Crippen LogP contribution in [0.2, 0.25) is 0 Å². The second kappa shape index (κ2) is 1.21. The second-order valence-electron chi connectivity index (χ2n) is 1.81. The van der Waals surface area contributed by atoms with E-state index in [1.807, 2.05) is 0 Å². The summed E-state index contributed by atoms with van der Waals surface area (Å²) in [4.78, 5) is 1.18. The highest BCUT2D eigenvalue weighted by Crippen LogP contribution is 1.78. The molecule has 36 valence electrons. The molecule has 0 aromatic rings. The molecule has 0 atom stereocenters. The van der Waals surface area contributed by atoms with Crippen molar-refractivity contribution in [2.75, 3.05) is 13.1 Å². The second-order valence-corrected chi connectivity index (χ2v) is 1.81. The van der Waals surface area contributed by atoms with Crippen LogP contribution in [0.3, 0.4) is 0 Å². The van der Waals surface area contributed by atoms with E-state index in [0.717, 1.165) is 13.1 Å². The van der Waals surface area contributed by atoms with E-state index in [4.69, 9.17) is 5.11 Å². The molecule has 0 saturated carbocycles. The lowest BCUT2D eigenvalue weighted by atomic mass is 10.2. The lowest BCUT2D eigenvalue weighted by Crippen LogP contribution is -3.17. The Hall–Kier alpha value is -0.0800. The Bertz CT molecular complexity index is 43.5. The largest absolute Gasteiger partial charge is 0.463 e. The van der Waals surface area contributed by atoms with Crippen molar-refractivity contribution in [3.63, 3.8) is 0 Å². The van der Waals surface area contributed by atoms with Crippen molar-refractivity contribution in [1.82, 2.24) is 0 Å². The number of aliphatic hydroxyl groups is 1. The minimum atomic E-state index is -0.0579. The number of hydrogen-bond acceptors (Lipinski definition) is 1. The Labute approximate surface area is 37.4 Å². The third-order valence-corrected chi connectivity index (χ3v) is 1.05. The number of quaternary nitrogens is 1. The van der Waals surface area contributed by atoms with Crippen LogP contribution in [0.1, 0.15) is 0 Å². The fourth-order valence-electron chi connectivity index (χ4n) is 0.607. The van der Waals surface area contributed by atoms with Crippen molar-refractivity contribution in [2.24, 2.45) is 0 Å². The van der Waals surface area contributed by atoms with Crippen LogP contribution < -0.4 is 4.90 Å². The van der Waals surface area contributed by atoms with Crippen LogP contribution in [-0.2, 0) is 0 Å². The summed E-state index contributed by atoms with van der Waals surface area (Å²) in [5.41, 5.74) is 0. The van der Waals surface area contributed by atoms with Crippen molar-refractivity contribution in [3.05, 3.63) is 7.05 Å². The summed E-state index contributed by atoms with van der Waals surface area (Å²) >= 11 is 0. The molecule has 0 aliphatic carbocycles. The highest BCUT2D eigenvalue weighted by molar-refractivity contribution is 4.56. The molecule has 0 radical (unpaired) electrons. The molecule has 0 spiro atoms. The first-order chi connectivity index (χ1) is 2.79. The molecule has 2 heteroatoms. The molecule has 1 aliphatic heterocycles. The van der Waals surface area contributed by atoms with Crippen molar-refractivity contribution < 1.29 is 10.0 Å². The molecule has 2 nitrogen and oxygen atoms in total. The molecule has 6 heavy (non-hydrogen) atoms. The molecule has 0 unspecified atom stereocenters. The molecule has 0 bridgehead atoms. The summed E-state index contributed by atoms with van der Waals surface area (Å²) < 4.78 is 0. The van der Waals surface area contributed by atoms with Crippen LogP contribution in [0, 0.1) is 7.05 Å². The van der Waals surface area contributed by atoms with Gasteiger partial charge in [-0.2, -0.15) is 7.05 Å². The third-order valence-electron chi connectivity index (χ3n) is 1.05. The zero-order valence-electron chi connectivity index (χ0n) is 3.65. The maximum Gasteiger partial charge on any atom is 0.147 e. The molecule has 1 aliphatic rings. The van der Waals surface area contributed by atoms with Crippen LogP contribution in [0.4, 0.5) is 0 Å². The first-order valence-corrected chi connectivity index (χ1v) is 2.14. The predicted molar refractivity (Wildman–Crippen MR) is 22.1 cm³/mol. The van der Waals surface area contributed by atoms with Gasteiger partial charge in [0.1, 0.15) is 6.10 Å². The summed E-state index contributed by atoms with van der Waals surface area (Å²) in [5, 5.41) is 8.56. The number of rotatable bonds is 0. The zero-order chi connectivity index (χ0) is 4.57. The maximum absolute atomic E-state index is 8.56.